The van der Waals surface area contributed by atoms with Crippen LogP contribution in [0, 0.1) is 26.7 Å². The molecule has 2 unspecified atom stereocenters. The maximum absolute atomic E-state index is 14.7. The van der Waals surface area contributed by atoms with Gasteiger partial charge < -0.3 is 30.2 Å². The maximum Gasteiger partial charge on any atom is 0.408 e. The van der Waals surface area contributed by atoms with Gasteiger partial charge in [-0.3, -0.25) is 9.59 Å². The topological polar surface area (TPSA) is 175 Å². The van der Waals surface area contributed by atoms with E-state index in [1.165, 1.54) is 0 Å². The smallest absolute Gasteiger partial charge is 0.408 e. The third kappa shape index (κ3) is 8.02. The molecule has 49 heavy (non-hydrogen) atoms. The molecule has 0 saturated heterocycles. The number of hydrogen-bond acceptors (Lipinski definition) is 8. The van der Waals surface area contributed by atoms with Gasteiger partial charge in [0.05, 0.1) is 5.52 Å². The summed E-state index contributed by atoms with van der Waals surface area (Å²) >= 11 is 8.71. The minimum atomic E-state index is -1.43. The minimum Gasteiger partial charge on any atom is -0.445 e. The minimum absolute atomic E-state index is 0.0404. The number of nitriles is 1. The molecular formula is C35H39ClIN7O5. The van der Waals surface area contributed by atoms with Gasteiger partial charge in [-0.25, -0.2) is 4.79 Å². The molecule has 2 aromatic carbocycles. The molecule has 3 amide bonds. The van der Waals surface area contributed by atoms with E-state index in [-0.39, 0.29) is 43.0 Å². The van der Waals surface area contributed by atoms with Crippen LogP contribution in [-0.2, 0) is 33.8 Å². The summed E-state index contributed by atoms with van der Waals surface area (Å²) in [5, 5.41) is 23.4. The average molecular weight is 800 g/mol. The van der Waals surface area contributed by atoms with Crippen LogP contribution in [0.3, 0.4) is 0 Å². The third-order valence-electron chi connectivity index (χ3n) is 9.39. The van der Waals surface area contributed by atoms with Crippen molar-refractivity contribution in [3.8, 4) is 6.07 Å². The van der Waals surface area contributed by atoms with E-state index in [9.17, 15) is 19.6 Å². The number of carbonyl (C=O) groups is 3. The fraction of sp³-hybridized carbons (Fsp3) is 0.429. The van der Waals surface area contributed by atoms with Gasteiger partial charge in [-0.05, 0) is 75.7 Å². The highest BCUT2D eigenvalue weighted by Crippen LogP contribution is 2.38. The molecule has 14 heteroatoms. The summed E-state index contributed by atoms with van der Waals surface area (Å²) in [5.74, 6) is -1.44. The van der Waals surface area contributed by atoms with Crippen LogP contribution in [-0.4, -0.2) is 44.6 Å². The zero-order chi connectivity index (χ0) is 35.3. The van der Waals surface area contributed by atoms with Gasteiger partial charge in [0.2, 0.25) is 17.7 Å². The Hall–Kier alpha value is -4.16. The number of hydrogen-bond donors (Lipinski definition) is 4. The molecule has 1 aliphatic carbocycles. The Morgan fingerprint density at radius 1 is 1.14 bits per heavy atom. The predicted molar refractivity (Wildman–Crippen MR) is 191 cm³/mol. The van der Waals surface area contributed by atoms with Crippen molar-refractivity contribution in [2.24, 2.45) is 11.8 Å². The molecule has 2 aromatic heterocycles. The molecule has 0 fully saturated rings. The number of aromatic amines is 1. The summed E-state index contributed by atoms with van der Waals surface area (Å²) < 4.78 is 11.8. The highest BCUT2D eigenvalue weighted by atomic mass is 127. The second-order valence-corrected chi connectivity index (χ2v) is 14.2. The Labute approximate surface area is 303 Å². The largest absolute Gasteiger partial charge is 0.445 e. The Balaban J connectivity index is 1.48. The van der Waals surface area contributed by atoms with E-state index in [0.717, 1.165) is 31.3 Å². The van der Waals surface area contributed by atoms with E-state index < -0.39 is 35.5 Å². The zero-order valence-electron chi connectivity index (χ0n) is 27.7. The number of aryl methyl sites for hydroxylation is 1. The second-order valence-electron chi connectivity index (χ2n) is 12.6. The first-order valence-electron chi connectivity index (χ1n) is 16.3. The average Bonchev–Trinajstić information content (AvgIpc) is 3.73. The highest BCUT2D eigenvalue weighted by Gasteiger charge is 2.47. The summed E-state index contributed by atoms with van der Waals surface area (Å²) in [6.45, 7) is 7.72. The Morgan fingerprint density at radius 3 is 2.55 bits per heavy atom. The number of fused-ring (bicyclic) bond motifs is 3. The molecular weight excluding hydrogens is 761 g/mol. The zero-order valence-corrected chi connectivity index (χ0v) is 30.6. The van der Waals surface area contributed by atoms with E-state index in [1.54, 1.807) is 0 Å². The van der Waals surface area contributed by atoms with Crippen LogP contribution in [0.1, 0.15) is 81.5 Å². The fourth-order valence-electron chi connectivity index (χ4n) is 6.11. The summed E-state index contributed by atoms with van der Waals surface area (Å²) in [4.78, 5) is 49.6. The lowest BCUT2D eigenvalue weighted by Crippen LogP contribution is -2.65. The van der Waals surface area contributed by atoms with E-state index >= 15 is 0 Å². The van der Waals surface area contributed by atoms with Crippen molar-refractivity contribution in [2.75, 3.05) is 0 Å². The summed E-state index contributed by atoms with van der Waals surface area (Å²) in [5.41, 5.74) is 2.12. The van der Waals surface area contributed by atoms with Gasteiger partial charge in [-0.2, -0.15) is 10.2 Å². The molecule has 0 radical (unpaired) electrons. The van der Waals surface area contributed by atoms with Gasteiger partial charge in [0.15, 0.2) is 0 Å². The van der Waals surface area contributed by atoms with Crippen molar-refractivity contribution < 1.29 is 23.6 Å². The number of H-pyrrole nitrogens is 1. The number of aromatic nitrogens is 3. The predicted octanol–water partition coefficient (Wildman–Crippen LogP) is 6.27. The maximum atomic E-state index is 14.7. The summed E-state index contributed by atoms with van der Waals surface area (Å²) in [6.07, 6.45) is 1.37. The quantitative estimate of drug-likeness (QED) is 0.121. The molecule has 12 nitrogen and oxygen atoms in total. The number of ether oxygens (including phenoxy) is 1. The monoisotopic (exact) mass is 799 g/mol. The summed E-state index contributed by atoms with van der Waals surface area (Å²) in [7, 11) is 0. The first-order valence-corrected chi connectivity index (χ1v) is 17.8. The van der Waals surface area contributed by atoms with Crippen LogP contribution in [0.15, 0.2) is 47.0 Å². The van der Waals surface area contributed by atoms with E-state index in [2.05, 4.69) is 53.7 Å². The van der Waals surface area contributed by atoms with Crippen molar-refractivity contribution in [3.63, 3.8) is 0 Å². The SMILES string of the molecule is CCC(C)[C@H](NC(=O)OCc1ccccc1)C(=O)N[C@@]1(C(=O)N[C@H](c2nc(C#N)no2)C(C)CC)CCc2[nH]c3c(I)cc(Cl)cc3c2C1. The lowest BCUT2D eigenvalue weighted by molar-refractivity contribution is -0.136. The van der Waals surface area contributed by atoms with Gasteiger partial charge in [-0.1, -0.05) is 82.5 Å². The molecule has 4 aromatic rings. The van der Waals surface area contributed by atoms with E-state index in [0.29, 0.717) is 24.3 Å². The van der Waals surface area contributed by atoms with Crippen LogP contribution in [0.5, 0.6) is 0 Å². The van der Waals surface area contributed by atoms with Crippen LogP contribution < -0.4 is 16.0 Å². The number of halogens is 2. The van der Waals surface area contributed by atoms with Gasteiger partial charge in [-0.15, -0.1) is 0 Å². The molecule has 4 N–H and O–H groups in total. The molecule has 0 saturated carbocycles. The number of carbonyl (C=O) groups excluding carboxylic acids is 3. The van der Waals surface area contributed by atoms with E-state index in [4.69, 9.17) is 20.9 Å². The van der Waals surface area contributed by atoms with Crippen LogP contribution in [0.4, 0.5) is 4.79 Å². The number of amides is 3. The molecule has 5 atom stereocenters. The van der Waals surface area contributed by atoms with Gasteiger partial charge in [0, 0.05) is 26.1 Å². The first-order chi connectivity index (χ1) is 23.5. The second kappa shape index (κ2) is 15.6. The van der Waals surface area contributed by atoms with Crippen molar-refractivity contribution in [1.82, 2.24) is 31.1 Å². The van der Waals surface area contributed by atoms with Crippen LogP contribution in [0.2, 0.25) is 5.02 Å². The van der Waals surface area contributed by atoms with Gasteiger partial charge in [0.1, 0.15) is 30.3 Å². The number of nitrogens with one attached hydrogen (secondary N) is 4. The molecule has 258 valence electrons. The molecule has 5 rings (SSSR count). The lowest BCUT2D eigenvalue weighted by Gasteiger charge is -2.39. The number of benzene rings is 2. The third-order valence-corrected chi connectivity index (χ3v) is 10.5. The van der Waals surface area contributed by atoms with Crippen molar-refractivity contribution in [2.45, 2.75) is 84.0 Å². The van der Waals surface area contributed by atoms with Crippen LogP contribution in [0.25, 0.3) is 10.9 Å². The fourth-order valence-corrected chi connectivity index (χ4v) is 7.27. The number of alkyl carbamates (subject to hydrolysis) is 1. The molecule has 2 heterocycles. The first kappa shape index (κ1) is 36.1. The highest BCUT2D eigenvalue weighted by molar-refractivity contribution is 14.1. The lowest BCUT2D eigenvalue weighted by atomic mass is 9.78. The number of rotatable bonds is 12. The van der Waals surface area contributed by atoms with Crippen molar-refractivity contribution in [3.05, 3.63) is 79.6 Å². The van der Waals surface area contributed by atoms with Crippen molar-refractivity contribution in [1.29, 1.82) is 5.26 Å². The molecule has 1 aliphatic rings. The molecule has 0 aliphatic heterocycles. The molecule has 0 bridgehead atoms. The normalized spacial score (nSPS) is 18.0. The Bertz CT molecular complexity index is 1870. The van der Waals surface area contributed by atoms with E-state index in [1.807, 2.05) is 76.2 Å². The van der Waals surface area contributed by atoms with Gasteiger partial charge >= 0.3 is 6.09 Å². The number of nitrogens with zero attached hydrogens (tertiary/aromatic N) is 3. The van der Waals surface area contributed by atoms with Crippen LogP contribution >= 0.6 is 34.2 Å². The van der Waals surface area contributed by atoms with Crippen molar-refractivity contribution >= 4 is 63.0 Å². The standard InChI is InChI=1S/C35H39ClIN7O5/c1-5-19(3)28(42-34(47)48-18-21-10-8-7-9-11-21)31(45)43-35(33(46)41-29(20(4)6-2)32-40-27(17-38)44-49-32)13-12-26-24(16-35)23-14-22(36)15-25(37)30(23)39-26/h7-11,14-15,19-20,28-29,39H,5-6,12-13,16,18H2,1-4H3,(H,41,46)(H,42,47)(H,43,45)/t19?,20?,28-,29-,35-/m0/s1. The molecule has 0 spiro atoms. The summed E-state index contributed by atoms with van der Waals surface area (Å²) in [6, 6.07) is 13.1. The Kier molecular flexibility index (Phi) is 11.5. The van der Waals surface area contributed by atoms with Gasteiger partial charge in [0.25, 0.3) is 5.82 Å². The Morgan fingerprint density at radius 2 is 1.88 bits per heavy atom.